The largest absolute Gasteiger partial charge is 0.487 e. The van der Waals surface area contributed by atoms with Crippen LogP contribution in [0.2, 0.25) is 0 Å². The van der Waals surface area contributed by atoms with Gasteiger partial charge in [0.25, 0.3) is 0 Å². The van der Waals surface area contributed by atoms with Gasteiger partial charge >= 0.3 is 0 Å². The Balaban J connectivity index is 1.86. The van der Waals surface area contributed by atoms with Gasteiger partial charge in [0.2, 0.25) is 5.91 Å². The van der Waals surface area contributed by atoms with Crippen molar-refractivity contribution in [1.82, 2.24) is 5.32 Å². The van der Waals surface area contributed by atoms with Crippen molar-refractivity contribution in [3.05, 3.63) is 95.6 Å². The fourth-order valence-corrected chi connectivity index (χ4v) is 4.23. The lowest BCUT2D eigenvalue weighted by Gasteiger charge is -2.27. The minimum absolute atomic E-state index is 0.104. The fraction of sp³-hybridized carbons (Fsp3) is 0.367. The molecule has 1 amide bonds. The van der Waals surface area contributed by atoms with Crippen LogP contribution in [0.25, 0.3) is 0 Å². The summed E-state index contributed by atoms with van der Waals surface area (Å²) in [4.78, 5) is 12.0. The topological polar surface area (TPSA) is 50.4 Å². The molecule has 0 spiro atoms. The summed E-state index contributed by atoms with van der Waals surface area (Å²) in [5.74, 6) is 0.582. The molecular formula is C30H38N2O2. The summed E-state index contributed by atoms with van der Waals surface area (Å²) in [6.45, 7) is 6.44. The predicted octanol–water partition coefficient (Wildman–Crippen LogP) is 7.59. The van der Waals surface area contributed by atoms with Crippen LogP contribution in [-0.4, -0.2) is 5.91 Å². The second-order valence-electron chi connectivity index (χ2n) is 8.82. The van der Waals surface area contributed by atoms with Crippen LogP contribution in [-0.2, 0) is 11.4 Å². The van der Waals surface area contributed by atoms with Crippen LogP contribution in [0.4, 0.5) is 5.69 Å². The van der Waals surface area contributed by atoms with Crippen LogP contribution in [0.1, 0.15) is 81.6 Å². The van der Waals surface area contributed by atoms with E-state index in [9.17, 15) is 4.79 Å². The van der Waals surface area contributed by atoms with Crippen LogP contribution >= 0.6 is 0 Å². The Morgan fingerprint density at radius 2 is 1.50 bits per heavy atom. The van der Waals surface area contributed by atoms with Gasteiger partial charge in [0.05, 0.1) is 5.69 Å². The lowest BCUT2D eigenvalue weighted by molar-refractivity contribution is -0.114. The standard InChI is InChI=1S/C30H38N2O2/c1-4-6-18-28(32-27(13-5-2)25-16-11-8-12-17-25)26-19-20-30(29(21-26)31-23(3)33)34-22-24-14-9-7-10-15-24/h7-12,14-17,19-21,27-28,32H,4-6,13,18,22H2,1-3H3,(H,31,33). The van der Waals surface area contributed by atoms with Crippen molar-refractivity contribution >= 4 is 11.6 Å². The van der Waals surface area contributed by atoms with Gasteiger partial charge in [0.15, 0.2) is 0 Å². The number of hydrogen-bond acceptors (Lipinski definition) is 3. The minimum Gasteiger partial charge on any atom is -0.487 e. The molecule has 0 saturated heterocycles. The minimum atomic E-state index is -0.104. The summed E-state index contributed by atoms with van der Waals surface area (Å²) >= 11 is 0. The van der Waals surface area contributed by atoms with Crippen molar-refractivity contribution in [2.24, 2.45) is 0 Å². The van der Waals surface area contributed by atoms with Crippen LogP contribution in [0.15, 0.2) is 78.9 Å². The smallest absolute Gasteiger partial charge is 0.221 e. The number of rotatable bonds is 13. The van der Waals surface area contributed by atoms with Gasteiger partial charge in [-0.25, -0.2) is 0 Å². The third-order valence-electron chi connectivity index (χ3n) is 5.98. The Hall–Kier alpha value is -3.11. The molecular weight excluding hydrogens is 420 g/mol. The molecule has 4 heteroatoms. The summed E-state index contributed by atoms with van der Waals surface area (Å²) in [7, 11) is 0. The van der Waals surface area contributed by atoms with Gasteiger partial charge in [0, 0.05) is 19.0 Å². The number of unbranched alkanes of at least 4 members (excludes halogenated alkanes) is 1. The maximum Gasteiger partial charge on any atom is 0.221 e. The summed E-state index contributed by atoms with van der Waals surface area (Å²) in [5.41, 5.74) is 4.29. The van der Waals surface area contributed by atoms with Crippen molar-refractivity contribution in [2.45, 2.75) is 71.6 Å². The molecule has 4 nitrogen and oxygen atoms in total. The molecule has 34 heavy (non-hydrogen) atoms. The number of hydrogen-bond donors (Lipinski definition) is 2. The van der Waals surface area contributed by atoms with Gasteiger partial charge in [-0.05, 0) is 41.7 Å². The summed E-state index contributed by atoms with van der Waals surface area (Å²) in [5, 5.41) is 6.91. The Morgan fingerprint density at radius 3 is 2.15 bits per heavy atom. The molecule has 0 aromatic heterocycles. The number of amides is 1. The van der Waals surface area contributed by atoms with Crippen LogP contribution in [0, 0.1) is 0 Å². The van der Waals surface area contributed by atoms with Crippen LogP contribution in [0.5, 0.6) is 5.75 Å². The number of benzene rings is 3. The average Bonchev–Trinajstić information content (AvgIpc) is 2.86. The average molecular weight is 459 g/mol. The van der Waals surface area contributed by atoms with Crippen molar-refractivity contribution in [1.29, 1.82) is 0 Å². The van der Waals surface area contributed by atoms with E-state index in [4.69, 9.17) is 4.74 Å². The van der Waals surface area contributed by atoms with Gasteiger partial charge in [-0.15, -0.1) is 0 Å². The summed E-state index contributed by atoms with van der Waals surface area (Å²) in [6, 6.07) is 27.4. The van der Waals surface area contributed by atoms with Crippen molar-refractivity contribution in [3.8, 4) is 5.75 Å². The number of carbonyl (C=O) groups is 1. The number of carbonyl (C=O) groups excluding carboxylic acids is 1. The SMILES string of the molecule is CCCCC(NC(CCC)c1ccccc1)c1ccc(OCc2ccccc2)c(NC(C)=O)c1. The zero-order valence-electron chi connectivity index (χ0n) is 20.7. The van der Waals surface area contributed by atoms with E-state index < -0.39 is 0 Å². The third kappa shape index (κ3) is 7.74. The number of ether oxygens (including phenoxy) is 1. The fourth-order valence-electron chi connectivity index (χ4n) is 4.23. The van der Waals surface area contributed by atoms with Crippen molar-refractivity contribution in [3.63, 3.8) is 0 Å². The molecule has 180 valence electrons. The monoisotopic (exact) mass is 458 g/mol. The molecule has 2 atom stereocenters. The molecule has 0 radical (unpaired) electrons. The molecule has 0 aliphatic heterocycles. The van der Waals surface area contributed by atoms with E-state index in [1.54, 1.807) is 0 Å². The van der Waals surface area contributed by atoms with Gasteiger partial charge in [-0.3, -0.25) is 4.79 Å². The second-order valence-corrected chi connectivity index (χ2v) is 8.82. The Bertz CT molecular complexity index is 1000. The van der Waals surface area contributed by atoms with Gasteiger partial charge in [-0.1, -0.05) is 99.8 Å². The molecule has 3 aromatic carbocycles. The highest BCUT2D eigenvalue weighted by molar-refractivity contribution is 5.90. The Labute approximate surface area is 204 Å². The zero-order valence-corrected chi connectivity index (χ0v) is 20.7. The molecule has 3 aromatic rings. The van der Waals surface area contributed by atoms with E-state index in [-0.39, 0.29) is 18.0 Å². The predicted molar refractivity (Wildman–Crippen MR) is 141 cm³/mol. The lowest BCUT2D eigenvalue weighted by Crippen LogP contribution is -2.27. The Kier molecular flexibility index (Phi) is 10.2. The van der Waals surface area contributed by atoms with E-state index in [0.717, 1.165) is 43.4 Å². The van der Waals surface area contributed by atoms with Crippen LogP contribution in [0.3, 0.4) is 0 Å². The van der Waals surface area contributed by atoms with E-state index >= 15 is 0 Å². The molecule has 0 heterocycles. The molecule has 0 fully saturated rings. The van der Waals surface area contributed by atoms with E-state index in [1.165, 1.54) is 18.1 Å². The maximum absolute atomic E-state index is 12.0. The van der Waals surface area contributed by atoms with Crippen LogP contribution < -0.4 is 15.4 Å². The highest BCUT2D eigenvalue weighted by Gasteiger charge is 2.19. The third-order valence-corrected chi connectivity index (χ3v) is 5.98. The van der Waals surface area contributed by atoms with Gasteiger partial charge in [-0.2, -0.15) is 0 Å². The normalized spacial score (nSPS) is 12.7. The number of nitrogens with one attached hydrogen (secondary N) is 2. The summed E-state index contributed by atoms with van der Waals surface area (Å²) < 4.78 is 6.09. The molecule has 0 aliphatic carbocycles. The molecule has 0 saturated carbocycles. The molecule has 0 bridgehead atoms. The van der Waals surface area contributed by atoms with E-state index in [2.05, 4.69) is 66.9 Å². The first-order valence-corrected chi connectivity index (χ1v) is 12.5. The number of anilines is 1. The highest BCUT2D eigenvalue weighted by Crippen LogP contribution is 2.33. The Morgan fingerprint density at radius 1 is 0.824 bits per heavy atom. The lowest BCUT2D eigenvalue weighted by atomic mass is 9.95. The van der Waals surface area contributed by atoms with Gasteiger partial charge < -0.3 is 15.4 Å². The first kappa shape index (κ1) is 25.5. The van der Waals surface area contributed by atoms with Crippen molar-refractivity contribution < 1.29 is 9.53 Å². The molecule has 3 rings (SSSR count). The first-order chi connectivity index (χ1) is 16.6. The maximum atomic E-state index is 12.0. The van der Waals surface area contributed by atoms with Crippen molar-refractivity contribution in [2.75, 3.05) is 5.32 Å². The van der Waals surface area contributed by atoms with E-state index in [0.29, 0.717) is 12.4 Å². The molecule has 2 N–H and O–H groups in total. The zero-order chi connectivity index (χ0) is 24.2. The first-order valence-electron chi connectivity index (χ1n) is 12.5. The van der Waals surface area contributed by atoms with E-state index in [1.807, 2.05) is 36.4 Å². The quantitative estimate of drug-likeness (QED) is 0.277. The van der Waals surface area contributed by atoms with Gasteiger partial charge in [0.1, 0.15) is 12.4 Å². The molecule has 0 aliphatic rings. The molecule has 2 unspecified atom stereocenters. The highest BCUT2D eigenvalue weighted by atomic mass is 16.5. The summed E-state index contributed by atoms with van der Waals surface area (Å²) in [6.07, 6.45) is 5.49. The second kappa shape index (κ2) is 13.6.